The van der Waals surface area contributed by atoms with Crippen LogP contribution in [0.4, 0.5) is 0 Å². The molecule has 0 spiro atoms. The molecule has 0 aromatic heterocycles. The lowest BCUT2D eigenvalue weighted by Crippen LogP contribution is -2.48. The summed E-state index contributed by atoms with van der Waals surface area (Å²) in [4.78, 5) is 26.5. The first-order valence-electron chi connectivity index (χ1n) is 11.9. The van der Waals surface area contributed by atoms with E-state index in [1.807, 2.05) is 12.1 Å². The summed E-state index contributed by atoms with van der Waals surface area (Å²) in [6.07, 6.45) is 4.41. The summed E-state index contributed by atoms with van der Waals surface area (Å²) in [5.74, 6) is -0.0431. The van der Waals surface area contributed by atoms with E-state index in [1.165, 1.54) is 12.7 Å². The van der Waals surface area contributed by atoms with Crippen LogP contribution in [-0.2, 0) is 26.2 Å². The van der Waals surface area contributed by atoms with Gasteiger partial charge in [0.2, 0.25) is 5.91 Å². The van der Waals surface area contributed by atoms with Crippen molar-refractivity contribution in [2.45, 2.75) is 50.1 Å². The van der Waals surface area contributed by atoms with Crippen LogP contribution in [-0.4, -0.2) is 56.2 Å². The Hall–Kier alpha value is -2.70. The minimum atomic E-state index is -0.321. The molecule has 4 rings (SSSR count). The van der Waals surface area contributed by atoms with Crippen LogP contribution in [0, 0.1) is 0 Å². The minimum absolute atomic E-state index is 0.0213. The summed E-state index contributed by atoms with van der Waals surface area (Å²) >= 11 is 0. The van der Waals surface area contributed by atoms with Crippen LogP contribution in [0.25, 0.3) is 0 Å². The van der Waals surface area contributed by atoms with Gasteiger partial charge in [-0.3, -0.25) is 4.79 Å². The van der Waals surface area contributed by atoms with Gasteiger partial charge in [-0.15, -0.1) is 0 Å². The number of esters is 1. The van der Waals surface area contributed by atoms with E-state index in [1.54, 1.807) is 12.1 Å². The van der Waals surface area contributed by atoms with Crippen molar-refractivity contribution < 1.29 is 19.1 Å². The molecule has 2 aliphatic rings. The molecule has 2 fully saturated rings. The summed E-state index contributed by atoms with van der Waals surface area (Å²) in [5, 5.41) is 3.50. The van der Waals surface area contributed by atoms with Gasteiger partial charge in [-0.1, -0.05) is 42.5 Å². The predicted octanol–water partition coefficient (Wildman–Crippen LogP) is 3.69. The standard InChI is InChI=1S/C27H34N2O4/c1-32-26(31)22-9-7-21(8-10-22)19-28-16-13-24-11-12-25(30)29(24)20-27(14-17-33-18-15-27)23-5-3-2-4-6-23/h2-10,24,28H,11-20H2,1H3/t24-/m1/s1. The van der Waals surface area contributed by atoms with Crippen molar-refractivity contribution in [3.05, 3.63) is 71.3 Å². The maximum absolute atomic E-state index is 12.8. The molecule has 176 valence electrons. The van der Waals surface area contributed by atoms with Gasteiger partial charge in [-0.25, -0.2) is 4.79 Å². The zero-order valence-electron chi connectivity index (χ0n) is 19.4. The SMILES string of the molecule is COC(=O)c1ccc(CNCC[C@H]2CCC(=O)N2CC2(c3ccccc3)CCOCC2)cc1. The van der Waals surface area contributed by atoms with Gasteiger partial charge in [-0.2, -0.15) is 0 Å². The largest absolute Gasteiger partial charge is 0.465 e. The van der Waals surface area contributed by atoms with Crippen molar-refractivity contribution in [1.82, 2.24) is 10.2 Å². The monoisotopic (exact) mass is 450 g/mol. The maximum Gasteiger partial charge on any atom is 0.337 e. The summed E-state index contributed by atoms with van der Waals surface area (Å²) in [6, 6.07) is 18.4. The second kappa shape index (κ2) is 10.9. The molecule has 2 saturated heterocycles. The lowest BCUT2D eigenvalue weighted by Gasteiger charge is -2.42. The smallest absolute Gasteiger partial charge is 0.337 e. The van der Waals surface area contributed by atoms with Crippen LogP contribution in [0.5, 0.6) is 0 Å². The molecule has 0 saturated carbocycles. The molecule has 1 amide bonds. The maximum atomic E-state index is 12.8. The Bertz CT molecular complexity index is 923. The van der Waals surface area contributed by atoms with Crippen molar-refractivity contribution in [3.8, 4) is 0 Å². The van der Waals surface area contributed by atoms with E-state index in [4.69, 9.17) is 9.47 Å². The molecule has 0 radical (unpaired) electrons. The molecular formula is C27H34N2O4. The number of nitrogens with one attached hydrogen (secondary N) is 1. The van der Waals surface area contributed by atoms with E-state index < -0.39 is 0 Å². The quantitative estimate of drug-likeness (QED) is 0.466. The van der Waals surface area contributed by atoms with Gasteiger partial charge in [0, 0.05) is 44.2 Å². The summed E-state index contributed by atoms with van der Waals surface area (Å²) in [6.45, 7) is 3.84. The molecule has 2 heterocycles. The first-order valence-corrected chi connectivity index (χ1v) is 11.9. The molecule has 6 heteroatoms. The molecule has 2 aromatic rings. The molecule has 33 heavy (non-hydrogen) atoms. The van der Waals surface area contributed by atoms with E-state index >= 15 is 0 Å². The van der Waals surface area contributed by atoms with Crippen molar-refractivity contribution in [3.63, 3.8) is 0 Å². The highest BCUT2D eigenvalue weighted by Gasteiger charge is 2.41. The molecule has 0 bridgehead atoms. The molecule has 2 aliphatic heterocycles. The predicted molar refractivity (Wildman–Crippen MR) is 127 cm³/mol. The van der Waals surface area contributed by atoms with Crippen LogP contribution in [0.3, 0.4) is 0 Å². The average molecular weight is 451 g/mol. The Labute approximate surface area is 196 Å². The lowest BCUT2D eigenvalue weighted by atomic mass is 9.73. The summed E-state index contributed by atoms with van der Waals surface area (Å²) in [5.41, 5.74) is 2.97. The van der Waals surface area contributed by atoms with Crippen LogP contribution in [0.15, 0.2) is 54.6 Å². The highest BCUT2D eigenvalue weighted by atomic mass is 16.5. The van der Waals surface area contributed by atoms with Gasteiger partial charge in [0.05, 0.1) is 12.7 Å². The van der Waals surface area contributed by atoms with Crippen molar-refractivity contribution in [2.75, 3.05) is 33.4 Å². The summed E-state index contributed by atoms with van der Waals surface area (Å²) < 4.78 is 10.4. The Balaban J connectivity index is 1.33. The van der Waals surface area contributed by atoms with Gasteiger partial charge in [-0.05, 0) is 55.5 Å². The van der Waals surface area contributed by atoms with Crippen LogP contribution in [0.1, 0.15) is 53.6 Å². The number of methoxy groups -OCH3 is 1. The molecular weight excluding hydrogens is 416 g/mol. The Morgan fingerprint density at radius 1 is 1.12 bits per heavy atom. The van der Waals surface area contributed by atoms with E-state index in [2.05, 4.69) is 40.5 Å². The highest BCUT2D eigenvalue weighted by molar-refractivity contribution is 5.89. The van der Waals surface area contributed by atoms with E-state index in [9.17, 15) is 9.59 Å². The molecule has 2 aromatic carbocycles. The second-order valence-electron chi connectivity index (χ2n) is 9.13. The van der Waals surface area contributed by atoms with Gasteiger partial charge < -0.3 is 19.7 Å². The fourth-order valence-electron chi connectivity index (χ4n) is 5.11. The van der Waals surface area contributed by atoms with E-state index in [0.717, 1.165) is 64.1 Å². The summed E-state index contributed by atoms with van der Waals surface area (Å²) in [7, 11) is 1.39. The lowest BCUT2D eigenvalue weighted by molar-refractivity contribution is -0.130. The zero-order valence-corrected chi connectivity index (χ0v) is 19.4. The number of amides is 1. The van der Waals surface area contributed by atoms with Crippen molar-refractivity contribution in [2.24, 2.45) is 0 Å². The molecule has 0 aliphatic carbocycles. The normalized spacial score (nSPS) is 20.1. The Morgan fingerprint density at radius 3 is 2.55 bits per heavy atom. The number of benzene rings is 2. The fourth-order valence-corrected chi connectivity index (χ4v) is 5.11. The number of nitrogens with zero attached hydrogens (tertiary/aromatic N) is 1. The van der Waals surface area contributed by atoms with E-state index in [-0.39, 0.29) is 23.3 Å². The topological polar surface area (TPSA) is 67.9 Å². The third kappa shape index (κ3) is 5.63. The number of carbonyl (C=O) groups excluding carboxylic acids is 2. The van der Waals surface area contributed by atoms with Gasteiger partial charge in [0.15, 0.2) is 0 Å². The number of likely N-dealkylation sites (tertiary alicyclic amines) is 1. The third-order valence-electron chi connectivity index (χ3n) is 7.12. The first kappa shape index (κ1) is 23.5. The number of ether oxygens (including phenoxy) is 2. The van der Waals surface area contributed by atoms with Crippen molar-refractivity contribution in [1.29, 1.82) is 0 Å². The molecule has 1 atom stereocenters. The fraction of sp³-hybridized carbons (Fsp3) is 0.481. The zero-order chi connectivity index (χ0) is 23.1. The number of carbonyl (C=O) groups is 2. The first-order chi connectivity index (χ1) is 16.1. The van der Waals surface area contributed by atoms with Gasteiger partial charge in [0.25, 0.3) is 0 Å². The van der Waals surface area contributed by atoms with Crippen LogP contribution in [0.2, 0.25) is 0 Å². The third-order valence-corrected chi connectivity index (χ3v) is 7.12. The van der Waals surface area contributed by atoms with Crippen LogP contribution < -0.4 is 5.32 Å². The average Bonchev–Trinajstić information content (AvgIpc) is 3.21. The van der Waals surface area contributed by atoms with Crippen molar-refractivity contribution >= 4 is 11.9 Å². The highest BCUT2D eigenvalue weighted by Crippen LogP contribution is 2.38. The number of rotatable bonds is 9. The second-order valence-corrected chi connectivity index (χ2v) is 9.13. The molecule has 6 nitrogen and oxygen atoms in total. The molecule has 1 N–H and O–H groups in total. The van der Waals surface area contributed by atoms with Gasteiger partial charge in [0.1, 0.15) is 0 Å². The molecule has 0 unspecified atom stereocenters. The van der Waals surface area contributed by atoms with Gasteiger partial charge >= 0.3 is 5.97 Å². The minimum Gasteiger partial charge on any atom is -0.465 e. The van der Waals surface area contributed by atoms with Crippen LogP contribution >= 0.6 is 0 Å². The Morgan fingerprint density at radius 2 is 1.85 bits per heavy atom. The number of hydrogen-bond acceptors (Lipinski definition) is 5. The van der Waals surface area contributed by atoms with E-state index in [0.29, 0.717) is 12.0 Å². The Kier molecular flexibility index (Phi) is 7.78. The number of hydrogen-bond donors (Lipinski definition) is 1.